The number of amides is 3. The molecule has 1 saturated heterocycles. The van der Waals surface area contributed by atoms with E-state index in [1.54, 1.807) is 35.8 Å². The topological polar surface area (TPSA) is 69.7 Å². The zero-order valence-electron chi connectivity index (χ0n) is 14.7. The molecule has 0 aromatic carbocycles. The Hall–Kier alpha value is -1.06. The van der Waals surface area contributed by atoms with Crippen molar-refractivity contribution in [3.05, 3.63) is 20.8 Å². The Morgan fingerprint density at radius 1 is 1.36 bits per heavy atom. The van der Waals surface area contributed by atoms with E-state index in [-0.39, 0.29) is 29.8 Å². The van der Waals surface area contributed by atoms with E-state index >= 15 is 0 Å². The molecule has 138 valence electrons. The number of rotatable bonds is 4. The van der Waals surface area contributed by atoms with Crippen molar-refractivity contribution in [1.29, 1.82) is 0 Å². The van der Waals surface area contributed by atoms with Gasteiger partial charge in [-0.2, -0.15) is 0 Å². The molecule has 3 amide bonds. The minimum Gasteiger partial charge on any atom is -0.350 e. The standard InChI is InChI=1S/C16H22BrN3O3S2/c1-16(2,3)18-14(22)10-8-24-9-20(10)13(21)7-19(4)15(23)11-5-6-12(17)25-11/h5-6,10H,7-9H2,1-4H3,(H,18,22). The van der Waals surface area contributed by atoms with Gasteiger partial charge in [-0.05, 0) is 48.8 Å². The van der Waals surface area contributed by atoms with Gasteiger partial charge in [0.25, 0.3) is 5.91 Å². The van der Waals surface area contributed by atoms with Crippen LogP contribution in [0.5, 0.6) is 0 Å². The molecule has 1 aromatic rings. The minimum atomic E-state index is -0.490. The summed E-state index contributed by atoms with van der Waals surface area (Å²) in [5, 5.41) is 2.92. The summed E-state index contributed by atoms with van der Waals surface area (Å²) in [5.74, 6) is 0.468. The van der Waals surface area contributed by atoms with Crippen molar-refractivity contribution in [2.24, 2.45) is 0 Å². The van der Waals surface area contributed by atoms with Crippen LogP contribution in [-0.2, 0) is 9.59 Å². The summed E-state index contributed by atoms with van der Waals surface area (Å²) in [7, 11) is 1.60. The van der Waals surface area contributed by atoms with Gasteiger partial charge in [0.05, 0.1) is 21.1 Å². The number of nitrogens with zero attached hydrogens (tertiary/aromatic N) is 2. The quantitative estimate of drug-likeness (QED) is 0.768. The van der Waals surface area contributed by atoms with Crippen molar-refractivity contribution in [1.82, 2.24) is 15.1 Å². The third kappa shape index (κ3) is 5.46. The van der Waals surface area contributed by atoms with E-state index < -0.39 is 6.04 Å². The first-order valence-corrected chi connectivity index (χ1v) is 10.5. The van der Waals surface area contributed by atoms with Gasteiger partial charge in [-0.1, -0.05) is 0 Å². The number of likely N-dealkylation sites (N-methyl/N-ethyl adjacent to an activating group) is 1. The highest BCUT2D eigenvalue weighted by atomic mass is 79.9. The maximum Gasteiger partial charge on any atom is 0.264 e. The lowest BCUT2D eigenvalue weighted by Gasteiger charge is -2.28. The lowest BCUT2D eigenvalue weighted by molar-refractivity contribution is -0.138. The average Bonchev–Trinajstić information content (AvgIpc) is 3.13. The Labute approximate surface area is 164 Å². The van der Waals surface area contributed by atoms with Gasteiger partial charge in [0.2, 0.25) is 11.8 Å². The maximum atomic E-state index is 12.6. The van der Waals surface area contributed by atoms with Crippen LogP contribution in [0.1, 0.15) is 30.4 Å². The van der Waals surface area contributed by atoms with Crippen LogP contribution in [0.4, 0.5) is 0 Å². The number of carbonyl (C=O) groups excluding carboxylic acids is 3. The Morgan fingerprint density at radius 2 is 2.04 bits per heavy atom. The van der Waals surface area contributed by atoms with E-state index in [9.17, 15) is 14.4 Å². The molecule has 9 heteroatoms. The van der Waals surface area contributed by atoms with E-state index in [0.29, 0.717) is 16.5 Å². The van der Waals surface area contributed by atoms with Gasteiger partial charge in [0.15, 0.2) is 0 Å². The predicted molar refractivity (Wildman–Crippen MR) is 105 cm³/mol. The second kappa shape index (κ2) is 8.09. The number of carbonyl (C=O) groups is 3. The van der Waals surface area contributed by atoms with Gasteiger partial charge >= 0.3 is 0 Å². The maximum absolute atomic E-state index is 12.6. The summed E-state index contributed by atoms with van der Waals surface area (Å²) >= 11 is 6.20. The molecule has 1 unspecified atom stereocenters. The van der Waals surface area contributed by atoms with E-state index in [1.807, 2.05) is 20.8 Å². The van der Waals surface area contributed by atoms with Crippen molar-refractivity contribution in [3.8, 4) is 0 Å². The molecule has 1 aromatic heterocycles. The molecule has 25 heavy (non-hydrogen) atoms. The third-order valence-corrected chi connectivity index (χ3v) is 6.13. The smallest absolute Gasteiger partial charge is 0.264 e. The van der Waals surface area contributed by atoms with E-state index in [2.05, 4.69) is 21.2 Å². The summed E-state index contributed by atoms with van der Waals surface area (Å²) in [6.45, 7) is 5.68. The largest absolute Gasteiger partial charge is 0.350 e. The van der Waals surface area contributed by atoms with Gasteiger partial charge in [-0.15, -0.1) is 23.1 Å². The highest BCUT2D eigenvalue weighted by Crippen LogP contribution is 2.24. The van der Waals surface area contributed by atoms with E-state index in [1.165, 1.54) is 16.2 Å². The summed E-state index contributed by atoms with van der Waals surface area (Å²) < 4.78 is 0.866. The Kier molecular flexibility index (Phi) is 6.56. The van der Waals surface area contributed by atoms with Crippen LogP contribution >= 0.6 is 39.0 Å². The van der Waals surface area contributed by atoms with Gasteiger partial charge in [-0.3, -0.25) is 14.4 Å². The monoisotopic (exact) mass is 447 g/mol. The van der Waals surface area contributed by atoms with Crippen LogP contribution in [-0.4, -0.2) is 64.3 Å². The summed E-state index contributed by atoms with van der Waals surface area (Å²) in [5.41, 5.74) is -0.349. The molecule has 1 aliphatic rings. The van der Waals surface area contributed by atoms with Crippen LogP contribution in [0.3, 0.4) is 0 Å². The van der Waals surface area contributed by atoms with Gasteiger partial charge in [-0.25, -0.2) is 0 Å². The molecular formula is C16H22BrN3O3S2. The minimum absolute atomic E-state index is 0.0474. The van der Waals surface area contributed by atoms with Crippen molar-refractivity contribution in [3.63, 3.8) is 0 Å². The van der Waals surface area contributed by atoms with Crippen LogP contribution in [0.25, 0.3) is 0 Å². The molecule has 6 nitrogen and oxygen atoms in total. The number of thioether (sulfide) groups is 1. The molecule has 2 heterocycles. The van der Waals surface area contributed by atoms with Gasteiger partial charge in [0, 0.05) is 18.3 Å². The zero-order valence-corrected chi connectivity index (χ0v) is 17.9. The van der Waals surface area contributed by atoms with Crippen LogP contribution in [0.2, 0.25) is 0 Å². The highest BCUT2D eigenvalue weighted by molar-refractivity contribution is 9.11. The van der Waals surface area contributed by atoms with Crippen molar-refractivity contribution < 1.29 is 14.4 Å². The Morgan fingerprint density at radius 3 is 2.60 bits per heavy atom. The van der Waals surface area contributed by atoms with Crippen LogP contribution < -0.4 is 5.32 Å². The number of halogens is 1. The molecule has 1 atom stereocenters. The molecule has 0 spiro atoms. The lowest BCUT2D eigenvalue weighted by Crippen LogP contribution is -2.53. The zero-order chi connectivity index (χ0) is 18.8. The number of hydrogen-bond acceptors (Lipinski definition) is 5. The second-order valence-electron chi connectivity index (χ2n) is 6.88. The summed E-state index contributed by atoms with van der Waals surface area (Å²) in [6.07, 6.45) is 0. The van der Waals surface area contributed by atoms with E-state index in [0.717, 1.165) is 3.79 Å². The molecule has 1 aliphatic heterocycles. The molecule has 0 radical (unpaired) electrons. The fourth-order valence-corrected chi connectivity index (χ4v) is 4.90. The number of hydrogen-bond donors (Lipinski definition) is 1. The van der Waals surface area contributed by atoms with Crippen molar-refractivity contribution in [2.75, 3.05) is 25.2 Å². The molecule has 2 rings (SSSR count). The first kappa shape index (κ1) is 20.3. The Bertz CT molecular complexity index is 672. The average molecular weight is 448 g/mol. The fourth-order valence-electron chi connectivity index (χ4n) is 2.34. The normalized spacial score (nSPS) is 17.5. The number of nitrogens with one attached hydrogen (secondary N) is 1. The van der Waals surface area contributed by atoms with Gasteiger partial charge in [0.1, 0.15) is 6.04 Å². The van der Waals surface area contributed by atoms with Crippen molar-refractivity contribution in [2.45, 2.75) is 32.4 Å². The molecular weight excluding hydrogens is 426 g/mol. The SMILES string of the molecule is CN(CC(=O)N1CSCC1C(=O)NC(C)(C)C)C(=O)c1ccc(Br)s1. The molecule has 0 bridgehead atoms. The lowest BCUT2D eigenvalue weighted by atomic mass is 10.1. The van der Waals surface area contributed by atoms with Crippen LogP contribution in [0.15, 0.2) is 15.9 Å². The Balaban J connectivity index is 1.99. The molecule has 0 saturated carbocycles. The highest BCUT2D eigenvalue weighted by Gasteiger charge is 2.36. The third-order valence-electron chi connectivity index (χ3n) is 3.51. The molecule has 0 aliphatic carbocycles. The summed E-state index contributed by atoms with van der Waals surface area (Å²) in [4.78, 5) is 40.9. The first-order valence-electron chi connectivity index (χ1n) is 7.78. The first-order chi connectivity index (χ1) is 11.6. The van der Waals surface area contributed by atoms with E-state index in [4.69, 9.17) is 0 Å². The predicted octanol–water partition coefficient (Wildman–Crippen LogP) is 2.40. The molecule has 1 N–H and O–H groups in total. The van der Waals surface area contributed by atoms with Crippen LogP contribution in [0, 0.1) is 0 Å². The second-order valence-corrected chi connectivity index (χ2v) is 10.3. The fraction of sp³-hybridized carbons (Fsp3) is 0.562. The van der Waals surface area contributed by atoms with Crippen molar-refractivity contribution >= 4 is 56.8 Å². The summed E-state index contributed by atoms with van der Waals surface area (Å²) in [6, 6.07) is 3.04. The molecule has 1 fully saturated rings. The number of thiophene rings is 1. The van der Waals surface area contributed by atoms with Gasteiger partial charge < -0.3 is 15.1 Å².